The van der Waals surface area contributed by atoms with E-state index in [1.54, 1.807) is 7.11 Å². The fourth-order valence-electron chi connectivity index (χ4n) is 2.35. The standard InChI is InChI=1S/C16H17BrClNO/c1-10-12(5-4-6-14(10)17)16(19-2)13-9-11(18)7-8-15(13)20-3/h4-9,16,19H,1-3H3. The van der Waals surface area contributed by atoms with Gasteiger partial charge in [0.15, 0.2) is 0 Å². The Kier molecular flexibility index (Phi) is 5.08. The number of hydrogen-bond acceptors (Lipinski definition) is 2. The quantitative estimate of drug-likeness (QED) is 0.857. The fourth-order valence-corrected chi connectivity index (χ4v) is 2.91. The molecule has 0 fully saturated rings. The smallest absolute Gasteiger partial charge is 0.124 e. The van der Waals surface area contributed by atoms with E-state index in [4.69, 9.17) is 16.3 Å². The molecule has 106 valence electrons. The van der Waals surface area contributed by atoms with Gasteiger partial charge in [0, 0.05) is 15.1 Å². The van der Waals surface area contributed by atoms with Crippen LogP contribution in [0.15, 0.2) is 40.9 Å². The highest BCUT2D eigenvalue weighted by Gasteiger charge is 2.19. The molecule has 2 rings (SSSR count). The summed E-state index contributed by atoms with van der Waals surface area (Å²) in [5.74, 6) is 0.827. The first-order valence-corrected chi connectivity index (χ1v) is 7.51. The molecule has 1 atom stereocenters. The minimum absolute atomic E-state index is 0.0288. The average Bonchev–Trinajstić information content (AvgIpc) is 2.44. The van der Waals surface area contributed by atoms with Crippen molar-refractivity contribution in [2.45, 2.75) is 13.0 Å². The zero-order valence-electron chi connectivity index (χ0n) is 11.7. The molecule has 0 radical (unpaired) electrons. The van der Waals surface area contributed by atoms with Gasteiger partial charge >= 0.3 is 0 Å². The molecule has 0 heterocycles. The summed E-state index contributed by atoms with van der Waals surface area (Å²) >= 11 is 9.72. The van der Waals surface area contributed by atoms with Gasteiger partial charge in [-0.1, -0.05) is 39.7 Å². The molecule has 0 aromatic heterocycles. The molecule has 0 aliphatic carbocycles. The molecule has 0 spiro atoms. The van der Waals surface area contributed by atoms with Crippen molar-refractivity contribution in [1.29, 1.82) is 0 Å². The van der Waals surface area contributed by atoms with Crippen molar-refractivity contribution >= 4 is 27.5 Å². The van der Waals surface area contributed by atoms with Crippen LogP contribution in [-0.4, -0.2) is 14.2 Å². The van der Waals surface area contributed by atoms with Gasteiger partial charge in [-0.15, -0.1) is 0 Å². The Morgan fingerprint density at radius 1 is 1.20 bits per heavy atom. The second kappa shape index (κ2) is 6.61. The zero-order chi connectivity index (χ0) is 14.7. The normalized spacial score (nSPS) is 12.2. The molecular formula is C16H17BrClNO. The summed E-state index contributed by atoms with van der Waals surface area (Å²) in [5, 5.41) is 4.05. The fraction of sp³-hybridized carbons (Fsp3) is 0.250. The van der Waals surface area contributed by atoms with Gasteiger partial charge in [0.05, 0.1) is 13.2 Å². The van der Waals surface area contributed by atoms with E-state index < -0.39 is 0 Å². The number of nitrogens with one attached hydrogen (secondary N) is 1. The van der Waals surface area contributed by atoms with Gasteiger partial charge in [0.25, 0.3) is 0 Å². The third-order valence-electron chi connectivity index (χ3n) is 3.41. The monoisotopic (exact) mass is 353 g/mol. The summed E-state index contributed by atoms with van der Waals surface area (Å²) in [5.41, 5.74) is 3.43. The Morgan fingerprint density at radius 2 is 1.95 bits per heavy atom. The Hall–Kier alpha value is -1.03. The Balaban J connectivity index is 2.58. The first-order valence-electron chi connectivity index (χ1n) is 6.34. The lowest BCUT2D eigenvalue weighted by molar-refractivity contribution is 0.405. The molecule has 2 aromatic rings. The van der Waals surface area contributed by atoms with Crippen molar-refractivity contribution in [3.63, 3.8) is 0 Å². The Labute approximate surface area is 133 Å². The Morgan fingerprint density at radius 3 is 2.60 bits per heavy atom. The molecule has 20 heavy (non-hydrogen) atoms. The van der Waals surface area contributed by atoms with E-state index in [0.29, 0.717) is 5.02 Å². The molecule has 2 nitrogen and oxygen atoms in total. The van der Waals surface area contributed by atoms with Crippen LogP contribution >= 0.6 is 27.5 Å². The van der Waals surface area contributed by atoms with E-state index >= 15 is 0 Å². The molecule has 1 N–H and O–H groups in total. The van der Waals surface area contributed by atoms with E-state index in [-0.39, 0.29) is 6.04 Å². The lowest BCUT2D eigenvalue weighted by Gasteiger charge is -2.22. The molecule has 0 aliphatic rings. The van der Waals surface area contributed by atoms with Crippen LogP contribution in [0.1, 0.15) is 22.7 Å². The van der Waals surface area contributed by atoms with Gasteiger partial charge in [-0.2, -0.15) is 0 Å². The number of halogens is 2. The first-order chi connectivity index (χ1) is 9.58. The molecule has 0 aliphatic heterocycles. The van der Waals surface area contributed by atoms with E-state index in [9.17, 15) is 0 Å². The zero-order valence-corrected chi connectivity index (χ0v) is 14.0. The number of hydrogen-bond donors (Lipinski definition) is 1. The van der Waals surface area contributed by atoms with Crippen LogP contribution in [0.3, 0.4) is 0 Å². The maximum Gasteiger partial charge on any atom is 0.124 e. The average molecular weight is 355 g/mol. The van der Waals surface area contributed by atoms with Crippen molar-refractivity contribution < 1.29 is 4.74 Å². The minimum atomic E-state index is 0.0288. The van der Waals surface area contributed by atoms with Gasteiger partial charge in [-0.25, -0.2) is 0 Å². The highest BCUT2D eigenvalue weighted by molar-refractivity contribution is 9.10. The van der Waals surface area contributed by atoms with Crippen LogP contribution in [0.25, 0.3) is 0 Å². The van der Waals surface area contributed by atoms with Gasteiger partial charge < -0.3 is 10.1 Å². The van der Waals surface area contributed by atoms with Gasteiger partial charge in [-0.3, -0.25) is 0 Å². The first kappa shape index (κ1) is 15.4. The lowest BCUT2D eigenvalue weighted by Crippen LogP contribution is -2.19. The topological polar surface area (TPSA) is 21.3 Å². The number of methoxy groups -OCH3 is 1. The van der Waals surface area contributed by atoms with Gasteiger partial charge in [0.1, 0.15) is 5.75 Å². The van der Waals surface area contributed by atoms with Crippen LogP contribution in [0.2, 0.25) is 5.02 Å². The van der Waals surface area contributed by atoms with Gasteiger partial charge in [0.2, 0.25) is 0 Å². The van der Waals surface area contributed by atoms with E-state index in [0.717, 1.165) is 15.8 Å². The van der Waals surface area contributed by atoms with Gasteiger partial charge in [-0.05, 0) is 49.4 Å². The predicted molar refractivity (Wildman–Crippen MR) is 87.8 cm³/mol. The summed E-state index contributed by atoms with van der Waals surface area (Å²) in [6.45, 7) is 2.10. The number of benzene rings is 2. The molecule has 0 bridgehead atoms. The molecule has 0 saturated carbocycles. The highest BCUT2D eigenvalue weighted by Crippen LogP contribution is 2.35. The van der Waals surface area contributed by atoms with Crippen molar-refractivity contribution in [3.05, 3.63) is 62.6 Å². The summed E-state index contributed by atoms with van der Waals surface area (Å²) in [7, 11) is 3.61. The highest BCUT2D eigenvalue weighted by atomic mass is 79.9. The van der Waals surface area contributed by atoms with Crippen LogP contribution in [0, 0.1) is 6.92 Å². The van der Waals surface area contributed by atoms with Crippen LogP contribution in [0.4, 0.5) is 0 Å². The van der Waals surface area contributed by atoms with Crippen molar-refractivity contribution in [2.75, 3.05) is 14.2 Å². The second-order valence-electron chi connectivity index (χ2n) is 4.56. The van der Waals surface area contributed by atoms with Crippen molar-refractivity contribution in [1.82, 2.24) is 5.32 Å². The largest absolute Gasteiger partial charge is 0.496 e. The third-order valence-corrected chi connectivity index (χ3v) is 4.51. The molecule has 0 saturated heterocycles. The van der Waals surface area contributed by atoms with E-state index in [1.165, 1.54) is 11.1 Å². The van der Waals surface area contributed by atoms with Crippen LogP contribution in [0.5, 0.6) is 5.75 Å². The van der Waals surface area contributed by atoms with E-state index in [2.05, 4.69) is 34.2 Å². The van der Waals surface area contributed by atoms with Crippen LogP contribution < -0.4 is 10.1 Å². The predicted octanol–water partition coefficient (Wildman–Crippen LogP) is 4.73. The Bertz CT molecular complexity index is 615. The summed E-state index contributed by atoms with van der Waals surface area (Å²) < 4.78 is 6.56. The second-order valence-corrected chi connectivity index (χ2v) is 5.85. The van der Waals surface area contributed by atoms with Crippen molar-refractivity contribution in [2.24, 2.45) is 0 Å². The maximum atomic E-state index is 6.14. The minimum Gasteiger partial charge on any atom is -0.496 e. The summed E-state index contributed by atoms with van der Waals surface area (Å²) in [4.78, 5) is 0. The summed E-state index contributed by atoms with van der Waals surface area (Å²) in [6.07, 6.45) is 0. The van der Waals surface area contributed by atoms with Crippen LogP contribution in [-0.2, 0) is 0 Å². The van der Waals surface area contributed by atoms with Crippen molar-refractivity contribution in [3.8, 4) is 5.75 Å². The molecule has 0 amide bonds. The molecular weight excluding hydrogens is 338 g/mol. The molecule has 4 heteroatoms. The maximum absolute atomic E-state index is 6.14. The molecule has 1 unspecified atom stereocenters. The SMILES string of the molecule is CNC(c1cc(Cl)ccc1OC)c1cccc(Br)c1C. The third kappa shape index (κ3) is 3.00. The lowest BCUT2D eigenvalue weighted by atomic mass is 9.94. The summed E-state index contributed by atoms with van der Waals surface area (Å²) in [6, 6.07) is 11.9. The van der Waals surface area contributed by atoms with E-state index in [1.807, 2.05) is 37.4 Å². The number of ether oxygens (including phenoxy) is 1. The number of rotatable bonds is 4. The molecule has 2 aromatic carbocycles.